The van der Waals surface area contributed by atoms with Crippen molar-refractivity contribution in [1.29, 1.82) is 5.26 Å². The van der Waals surface area contributed by atoms with Crippen LogP contribution in [0.25, 0.3) is 0 Å². The van der Waals surface area contributed by atoms with Crippen LogP contribution in [0.1, 0.15) is 23.7 Å². The molecule has 5 nitrogen and oxygen atoms in total. The first-order valence-electron chi connectivity index (χ1n) is 6.14. The number of ether oxygens (including phenoxy) is 1. The second kappa shape index (κ2) is 7.87. The number of benzene rings is 1. The van der Waals surface area contributed by atoms with Crippen LogP contribution in [0.3, 0.4) is 0 Å². The van der Waals surface area contributed by atoms with E-state index in [1.54, 1.807) is 7.05 Å². The van der Waals surface area contributed by atoms with Gasteiger partial charge in [-0.05, 0) is 25.1 Å². The van der Waals surface area contributed by atoms with Crippen LogP contribution < -0.4 is 0 Å². The van der Waals surface area contributed by atoms with Gasteiger partial charge >= 0.3 is 5.97 Å². The lowest BCUT2D eigenvalue weighted by molar-refractivity contribution is -0.138. The molecule has 1 rings (SSSR count). The molecule has 0 heterocycles. The lowest BCUT2D eigenvalue weighted by Crippen LogP contribution is -2.37. The molecule has 1 aromatic rings. The summed E-state index contributed by atoms with van der Waals surface area (Å²) in [5.74, 6) is -1.09. The molecule has 0 spiro atoms. The molecule has 1 aromatic carbocycles. The highest BCUT2D eigenvalue weighted by Gasteiger charge is 2.23. The summed E-state index contributed by atoms with van der Waals surface area (Å²) in [6, 6.07) is 6.31. The Morgan fingerprint density at radius 2 is 2.10 bits per heavy atom. The molecule has 0 saturated heterocycles. The predicted molar refractivity (Wildman–Crippen MR) is 79.2 cm³/mol. The number of nitrogens with zero attached hydrogens (tertiary/aromatic N) is 2. The fourth-order valence-corrected chi connectivity index (χ4v) is 2.05. The van der Waals surface area contributed by atoms with Crippen LogP contribution in [0.5, 0.6) is 0 Å². The van der Waals surface area contributed by atoms with E-state index in [-0.39, 0.29) is 29.5 Å². The van der Waals surface area contributed by atoms with Crippen molar-refractivity contribution in [2.45, 2.75) is 19.4 Å². The van der Waals surface area contributed by atoms with Crippen molar-refractivity contribution in [2.75, 3.05) is 13.6 Å². The van der Waals surface area contributed by atoms with Crippen molar-refractivity contribution >= 4 is 35.1 Å². The van der Waals surface area contributed by atoms with Gasteiger partial charge in [0, 0.05) is 18.6 Å². The minimum absolute atomic E-state index is 0.139. The number of likely N-dealkylation sites (N-methyl/N-ethyl adjacent to an activating group) is 1. The maximum absolute atomic E-state index is 12.0. The molecule has 0 fully saturated rings. The number of halogens is 2. The molecule has 0 unspecified atom stereocenters. The third kappa shape index (κ3) is 4.92. The van der Waals surface area contributed by atoms with E-state index in [0.717, 1.165) is 0 Å². The van der Waals surface area contributed by atoms with E-state index in [1.807, 2.05) is 6.07 Å². The quantitative estimate of drug-likeness (QED) is 0.779. The Kier molecular flexibility index (Phi) is 6.47. The fourth-order valence-electron chi connectivity index (χ4n) is 1.57. The van der Waals surface area contributed by atoms with Gasteiger partial charge in [-0.2, -0.15) is 5.26 Å². The third-order valence-corrected chi connectivity index (χ3v) is 3.27. The fraction of sp³-hybridized carbons (Fsp3) is 0.357. The Bertz CT molecular complexity index is 584. The highest BCUT2D eigenvalue weighted by atomic mass is 35.5. The Labute approximate surface area is 133 Å². The normalized spacial score (nSPS) is 11.4. The first-order chi connectivity index (χ1) is 9.86. The minimum atomic E-state index is -0.965. The van der Waals surface area contributed by atoms with Crippen LogP contribution in [0, 0.1) is 11.3 Å². The molecule has 0 aliphatic rings. The zero-order chi connectivity index (χ0) is 16.0. The monoisotopic (exact) mass is 328 g/mol. The molecular weight excluding hydrogens is 315 g/mol. The van der Waals surface area contributed by atoms with Gasteiger partial charge in [0.05, 0.1) is 23.1 Å². The van der Waals surface area contributed by atoms with E-state index >= 15 is 0 Å². The van der Waals surface area contributed by atoms with E-state index in [1.165, 1.54) is 30.0 Å². The number of hydrogen-bond donors (Lipinski definition) is 0. The molecule has 0 bridgehead atoms. The van der Waals surface area contributed by atoms with Crippen molar-refractivity contribution in [2.24, 2.45) is 0 Å². The summed E-state index contributed by atoms with van der Waals surface area (Å²) in [6.45, 7) is 1.74. The molecular formula is C14H14Cl2N2O3. The number of carbonyl (C=O) groups excluding carboxylic acids is 2. The first-order valence-corrected chi connectivity index (χ1v) is 6.90. The van der Waals surface area contributed by atoms with Gasteiger partial charge in [-0.1, -0.05) is 23.2 Å². The van der Waals surface area contributed by atoms with Crippen LogP contribution in [-0.2, 0) is 9.53 Å². The minimum Gasteiger partial charge on any atom is -0.449 e. The maximum atomic E-state index is 12.0. The molecule has 1 atom stereocenters. The highest BCUT2D eigenvalue weighted by molar-refractivity contribution is 6.36. The summed E-state index contributed by atoms with van der Waals surface area (Å²) >= 11 is 11.6. The summed E-state index contributed by atoms with van der Waals surface area (Å²) in [5.41, 5.74) is 0.139. The predicted octanol–water partition coefficient (Wildman–Crippen LogP) is 2.91. The molecule has 0 N–H and O–H groups in total. The number of esters is 1. The average molecular weight is 329 g/mol. The van der Waals surface area contributed by atoms with Gasteiger partial charge < -0.3 is 9.64 Å². The van der Waals surface area contributed by atoms with Crippen LogP contribution in [-0.4, -0.2) is 36.5 Å². The van der Waals surface area contributed by atoms with Crippen molar-refractivity contribution < 1.29 is 14.3 Å². The summed E-state index contributed by atoms with van der Waals surface area (Å²) < 4.78 is 5.08. The largest absolute Gasteiger partial charge is 0.449 e. The highest BCUT2D eigenvalue weighted by Crippen LogP contribution is 2.22. The Morgan fingerprint density at radius 3 is 2.67 bits per heavy atom. The molecule has 112 valence electrons. The van der Waals surface area contributed by atoms with E-state index < -0.39 is 12.1 Å². The van der Waals surface area contributed by atoms with Crippen molar-refractivity contribution in [3.63, 3.8) is 0 Å². The lowest BCUT2D eigenvalue weighted by Gasteiger charge is -2.20. The number of carbonyl (C=O) groups is 2. The van der Waals surface area contributed by atoms with Gasteiger partial charge in [-0.15, -0.1) is 0 Å². The number of rotatable bonds is 5. The van der Waals surface area contributed by atoms with Gasteiger partial charge in [0.1, 0.15) is 0 Å². The summed E-state index contributed by atoms with van der Waals surface area (Å²) in [7, 11) is 1.54. The van der Waals surface area contributed by atoms with Gasteiger partial charge in [-0.25, -0.2) is 4.79 Å². The zero-order valence-corrected chi connectivity index (χ0v) is 13.1. The Hall–Kier alpha value is -1.77. The van der Waals surface area contributed by atoms with Crippen molar-refractivity contribution in [3.8, 4) is 6.07 Å². The zero-order valence-electron chi connectivity index (χ0n) is 11.6. The lowest BCUT2D eigenvalue weighted by atomic mass is 10.2. The molecule has 0 aliphatic heterocycles. The van der Waals surface area contributed by atoms with Gasteiger partial charge in [0.15, 0.2) is 6.10 Å². The average Bonchev–Trinajstić information content (AvgIpc) is 2.43. The molecule has 7 heteroatoms. The van der Waals surface area contributed by atoms with Gasteiger partial charge in [0.25, 0.3) is 5.91 Å². The Balaban J connectivity index is 2.69. The van der Waals surface area contributed by atoms with Crippen LogP contribution in [0.15, 0.2) is 18.2 Å². The third-order valence-electron chi connectivity index (χ3n) is 2.72. The molecule has 1 amide bonds. The summed E-state index contributed by atoms with van der Waals surface area (Å²) in [4.78, 5) is 25.2. The molecule has 0 saturated carbocycles. The van der Waals surface area contributed by atoms with Crippen LogP contribution >= 0.6 is 23.2 Å². The van der Waals surface area contributed by atoms with Crippen molar-refractivity contribution in [3.05, 3.63) is 33.8 Å². The maximum Gasteiger partial charge on any atom is 0.340 e. The van der Waals surface area contributed by atoms with Crippen LogP contribution in [0.2, 0.25) is 10.0 Å². The molecule has 0 aromatic heterocycles. The second-order valence-corrected chi connectivity index (χ2v) is 5.18. The molecule has 0 aliphatic carbocycles. The van der Waals surface area contributed by atoms with E-state index in [0.29, 0.717) is 5.02 Å². The molecule has 21 heavy (non-hydrogen) atoms. The van der Waals surface area contributed by atoms with E-state index in [4.69, 9.17) is 33.2 Å². The van der Waals surface area contributed by atoms with Crippen LogP contribution in [0.4, 0.5) is 0 Å². The second-order valence-electron chi connectivity index (χ2n) is 4.34. The molecule has 0 radical (unpaired) electrons. The van der Waals surface area contributed by atoms with E-state index in [2.05, 4.69) is 0 Å². The smallest absolute Gasteiger partial charge is 0.340 e. The van der Waals surface area contributed by atoms with Gasteiger partial charge in [-0.3, -0.25) is 4.79 Å². The first kappa shape index (κ1) is 17.3. The standard InChI is InChI=1S/C14H14Cl2N2O3/c1-9(13(19)18(2)7-3-6-17)21-14(20)11-5-4-10(15)8-12(11)16/h4-5,8-9H,3,7H2,1-2H3/t9-/m0/s1. The van der Waals surface area contributed by atoms with E-state index in [9.17, 15) is 9.59 Å². The van der Waals surface area contributed by atoms with Gasteiger partial charge in [0.2, 0.25) is 0 Å². The summed E-state index contributed by atoms with van der Waals surface area (Å²) in [6.07, 6.45) is -0.751. The summed E-state index contributed by atoms with van der Waals surface area (Å²) in [5, 5.41) is 9.04. The Morgan fingerprint density at radius 1 is 1.43 bits per heavy atom. The van der Waals surface area contributed by atoms with Crippen molar-refractivity contribution in [1.82, 2.24) is 4.90 Å². The topological polar surface area (TPSA) is 70.4 Å². The number of hydrogen-bond acceptors (Lipinski definition) is 4. The number of nitriles is 1. The number of amides is 1. The SMILES string of the molecule is C[C@H](OC(=O)c1ccc(Cl)cc1Cl)C(=O)N(C)CCC#N.